The summed E-state index contributed by atoms with van der Waals surface area (Å²) in [6.07, 6.45) is 2.74. The number of carbonyl (C=O) groups excluding carboxylic acids is 1. The van der Waals surface area contributed by atoms with E-state index in [0.29, 0.717) is 17.5 Å². The Morgan fingerprint density at radius 1 is 1.42 bits per heavy atom. The zero-order chi connectivity index (χ0) is 13.2. The van der Waals surface area contributed by atoms with Crippen molar-refractivity contribution in [1.82, 2.24) is 10.2 Å². The van der Waals surface area contributed by atoms with Gasteiger partial charge in [-0.2, -0.15) is 0 Å². The van der Waals surface area contributed by atoms with Crippen LogP contribution in [0.3, 0.4) is 0 Å². The second-order valence-corrected chi connectivity index (χ2v) is 6.50. The van der Waals surface area contributed by atoms with Gasteiger partial charge in [0.05, 0.1) is 6.42 Å². The van der Waals surface area contributed by atoms with Crippen molar-refractivity contribution in [2.45, 2.75) is 25.2 Å². The van der Waals surface area contributed by atoms with E-state index in [2.05, 4.69) is 31.4 Å². The minimum Gasteiger partial charge on any atom is -0.300 e. The lowest BCUT2D eigenvalue weighted by Crippen LogP contribution is -2.14. The third-order valence-corrected chi connectivity index (χ3v) is 4.36. The minimum atomic E-state index is -0.0587. The molecule has 1 saturated carbocycles. The first-order chi connectivity index (χ1) is 9.20. The molecule has 0 saturated heterocycles. The van der Waals surface area contributed by atoms with Gasteiger partial charge in [0.2, 0.25) is 11.0 Å². The molecule has 6 heteroatoms. The van der Waals surface area contributed by atoms with Gasteiger partial charge in [0, 0.05) is 10.4 Å². The highest BCUT2D eigenvalue weighted by molar-refractivity contribution is 9.10. The topological polar surface area (TPSA) is 54.9 Å². The standard InChI is InChI=1S/C13H12BrN3OS/c14-10-3-1-2-8(6-10)7-11(18)15-13-17-16-12(19-13)9-4-5-9/h1-3,6,9H,4-5,7H2,(H,15,17,18). The smallest absolute Gasteiger partial charge is 0.230 e. The van der Waals surface area contributed by atoms with Gasteiger partial charge in [0.15, 0.2) is 0 Å². The van der Waals surface area contributed by atoms with Gasteiger partial charge in [-0.25, -0.2) is 0 Å². The maximum absolute atomic E-state index is 11.9. The summed E-state index contributed by atoms with van der Waals surface area (Å²) in [5, 5.41) is 12.5. The molecule has 0 atom stereocenters. The van der Waals surface area contributed by atoms with Crippen LogP contribution in [0.2, 0.25) is 0 Å². The predicted molar refractivity (Wildman–Crippen MR) is 78.4 cm³/mol. The van der Waals surface area contributed by atoms with E-state index in [4.69, 9.17) is 0 Å². The highest BCUT2D eigenvalue weighted by atomic mass is 79.9. The Morgan fingerprint density at radius 3 is 3.00 bits per heavy atom. The Bertz CT molecular complexity index is 609. The predicted octanol–water partition coefficient (Wildman–Crippen LogP) is 3.36. The summed E-state index contributed by atoms with van der Waals surface area (Å²) >= 11 is 4.88. The van der Waals surface area contributed by atoms with Gasteiger partial charge in [-0.1, -0.05) is 39.4 Å². The number of hydrogen-bond acceptors (Lipinski definition) is 4. The molecule has 0 unspecified atom stereocenters. The van der Waals surface area contributed by atoms with Crippen molar-refractivity contribution in [3.8, 4) is 0 Å². The SMILES string of the molecule is O=C(Cc1cccc(Br)c1)Nc1nnc(C2CC2)s1. The lowest BCUT2D eigenvalue weighted by atomic mass is 10.1. The first-order valence-electron chi connectivity index (χ1n) is 6.08. The number of anilines is 1. The zero-order valence-electron chi connectivity index (χ0n) is 10.1. The Hall–Kier alpha value is -1.27. The highest BCUT2D eigenvalue weighted by Crippen LogP contribution is 2.42. The summed E-state index contributed by atoms with van der Waals surface area (Å²) in [5.41, 5.74) is 0.971. The molecule has 98 valence electrons. The second kappa shape index (κ2) is 5.38. The Labute approximate surface area is 123 Å². The van der Waals surface area contributed by atoms with Gasteiger partial charge in [0.1, 0.15) is 5.01 Å². The second-order valence-electron chi connectivity index (χ2n) is 4.57. The summed E-state index contributed by atoms with van der Waals surface area (Å²) in [5.74, 6) is 0.518. The molecule has 1 amide bonds. The molecule has 19 heavy (non-hydrogen) atoms. The largest absolute Gasteiger partial charge is 0.300 e. The molecular weight excluding hydrogens is 326 g/mol. The van der Waals surface area contributed by atoms with Crippen LogP contribution in [0.1, 0.15) is 29.3 Å². The molecule has 2 aromatic rings. The highest BCUT2D eigenvalue weighted by Gasteiger charge is 2.27. The Morgan fingerprint density at radius 2 is 2.26 bits per heavy atom. The van der Waals surface area contributed by atoms with Crippen molar-refractivity contribution in [3.63, 3.8) is 0 Å². The maximum atomic E-state index is 11.9. The maximum Gasteiger partial charge on any atom is 0.230 e. The number of benzene rings is 1. The summed E-state index contributed by atoms with van der Waals surface area (Å²) < 4.78 is 0.977. The van der Waals surface area contributed by atoms with Crippen LogP contribution in [0.4, 0.5) is 5.13 Å². The Kier molecular flexibility index (Phi) is 3.61. The molecule has 0 radical (unpaired) electrons. The van der Waals surface area contributed by atoms with E-state index in [1.54, 1.807) is 0 Å². The zero-order valence-corrected chi connectivity index (χ0v) is 12.5. The van der Waals surface area contributed by atoms with E-state index in [1.807, 2.05) is 24.3 Å². The van der Waals surface area contributed by atoms with Gasteiger partial charge in [0.25, 0.3) is 0 Å². The van der Waals surface area contributed by atoms with Crippen LogP contribution in [0.15, 0.2) is 28.7 Å². The van der Waals surface area contributed by atoms with Crippen molar-refractivity contribution < 1.29 is 4.79 Å². The number of halogens is 1. The number of nitrogens with zero attached hydrogens (tertiary/aromatic N) is 2. The molecule has 0 spiro atoms. The van der Waals surface area contributed by atoms with Gasteiger partial charge < -0.3 is 5.32 Å². The third-order valence-electron chi connectivity index (χ3n) is 2.87. The molecule has 0 bridgehead atoms. The fourth-order valence-electron chi connectivity index (χ4n) is 1.78. The number of hydrogen-bond donors (Lipinski definition) is 1. The minimum absolute atomic E-state index is 0.0587. The number of amides is 1. The summed E-state index contributed by atoms with van der Waals surface area (Å²) in [6, 6.07) is 7.73. The van der Waals surface area contributed by atoms with Crippen molar-refractivity contribution in [3.05, 3.63) is 39.3 Å². The van der Waals surface area contributed by atoms with Crippen LogP contribution in [-0.4, -0.2) is 16.1 Å². The summed E-state index contributed by atoms with van der Waals surface area (Å²) in [6.45, 7) is 0. The molecule has 1 aromatic carbocycles. The number of carbonyl (C=O) groups is 1. The van der Waals surface area contributed by atoms with E-state index in [9.17, 15) is 4.79 Å². The molecule has 1 heterocycles. The molecule has 1 aliphatic carbocycles. The summed E-state index contributed by atoms with van der Waals surface area (Å²) in [7, 11) is 0. The van der Waals surface area contributed by atoms with Crippen LogP contribution in [0.5, 0.6) is 0 Å². The molecule has 4 nitrogen and oxygen atoms in total. The molecule has 0 aliphatic heterocycles. The third kappa shape index (κ3) is 3.39. The van der Waals surface area contributed by atoms with Crippen molar-refractivity contribution >= 4 is 38.3 Å². The van der Waals surface area contributed by atoms with Crippen LogP contribution in [0, 0.1) is 0 Å². The van der Waals surface area contributed by atoms with Crippen LogP contribution in [-0.2, 0) is 11.2 Å². The van der Waals surface area contributed by atoms with Crippen molar-refractivity contribution in [1.29, 1.82) is 0 Å². The van der Waals surface area contributed by atoms with Crippen LogP contribution < -0.4 is 5.32 Å². The van der Waals surface area contributed by atoms with Crippen LogP contribution >= 0.6 is 27.3 Å². The van der Waals surface area contributed by atoms with Crippen molar-refractivity contribution in [2.75, 3.05) is 5.32 Å². The van der Waals surface area contributed by atoms with Gasteiger partial charge >= 0.3 is 0 Å². The van der Waals surface area contributed by atoms with Crippen LogP contribution in [0.25, 0.3) is 0 Å². The van der Waals surface area contributed by atoms with E-state index in [1.165, 1.54) is 24.2 Å². The fraction of sp³-hybridized carbons (Fsp3) is 0.308. The molecule has 1 fully saturated rings. The first-order valence-corrected chi connectivity index (χ1v) is 7.69. The average Bonchev–Trinajstić information content (AvgIpc) is 3.11. The van der Waals surface area contributed by atoms with E-state index in [-0.39, 0.29) is 5.91 Å². The van der Waals surface area contributed by atoms with Gasteiger partial charge in [-0.3, -0.25) is 4.79 Å². The molecule has 1 N–H and O–H groups in total. The monoisotopic (exact) mass is 337 g/mol. The lowest BCUT2D eigenvalue weighted by Gasteiger charge is -2.01. The number of nitrogens with one attached hydrogen (secondary N) is 1. The lowest BCUT2D eigenvalue weighted by molar-refractivity contribution is -0.115. The quantitative estimate of drug-likeness (QED) is 0.930. The molecule has 1 aromatic heterocycles. The van der Waals surface area contributed by atoms with Crippen molar-refractivity contribution in [2.24, 2.45) is 0 Å². The fourth-order valence-corrected chi connectivity index (χ4v) is 3.15. The molecule has 1 aliphatic rings. The van der Waals surface area contributed by atoms with E-state index < -0.39 is 0 Å². The van der Waals surface area contributed by atoms with Gasteiger partial charge in [-0.05, 0) is 30.5 Å². The van der Waals surface area contributed by atoms with E-state index in [0.717, 1.165) is 15.0 Å². The number of rotatable bonds is 4. The summed E-state index contributed by atoms with van der Waals surface area (Å²) in [4.78, 5) is 11.9. The first kappa shape index (κ1) is 12.7. The molecular formula is C13H12BrN3OS. The molecule has 3 rings (SSSR count). The van der Waals surface area contributed by atoms with Gasteiger partial charge in [-0.15, -0.1) is 10.2 Å². The normalized spacial score (nSPS) is 14.4. The Balaban J connectivity index is 1.61. The average molecular weight is 338 g/mol. The number of aromatic nitrogens is 2. The van der Waals surface area contributed by atoms with E-state index >= 15 is 0 Å².